The summed E-state index contributed by atoms with van der Waals surface area (Å²) in [5.74, 6) is -0.553. The number of nitrogens with zero attached hydrogens (tertiary/aromatic N) is 5. The number of hydrogen-bond donors (Lipinski definition) is 1. The molecule has 6 rings (SSSR count). The predicted molar refractivity (Wildman–Crippen MR) is 122 cm³/mol. The number of aromatic nitrogens is 5. The lowest BCUT2D eigenvalue weighted by Crippen LogP contribution is -2.28. The first-order chi connectivity index (χ1) is 16.5. The first-order valence-electron chi connectivity index (χ1n) is 11.7. The van der Waals surface area contributed by atoms with E-state index in [0.717, 1.165) is 18.7 Å². The van der Waals surface area contributed by atoms with Gasteiger partial charge in [-0.25, -0.2) is 19.9 Å². The molecule has 1 N–H and O–H groups in total. The van der Waals surface area contributed by atoms with Crippen LogP contribution >= 0.6 is 0 Å². The Bertz CT molecular complexity index is 1220. The molecule has 0 bridgehead atoms. The molecule has 9 nitrogen and oxygen atoms in total. The highest BCUT2D eigenvalue weighted by atomic mass is 19.1. The molecule has 1 aliphatic carbocycles. The molecule has 4 unspecified atom stereocenters. The Kier molecular flexibility index (Phi) is 5.31. The summed E-state index contributed by atoms with van der Waals surface area (Å²) in [6, 6.07) is 5.08. The van der Waals surface area contributed by atoms with Gasteiger partial charge < -0.3 is 19.5 Å². The summed E-state index contributed by atoms with van der Waals surface area (Å²) in [4.78, 5) is 17.4. The van der Waals surface area contributed by atoms with Gasteiger partial charge >= 0.3 is 0 Å². The maximum atomic E-state index is 13.5. The third kappa shape index (κ3) is 3.95. The molecule has 5 heterocycles. The zero-order chi connectivity index (χ0) is 23.3. The Balaban J connectivity index is 1.31. The van der Waals surface area contributed by atoms with Crippen molar-refractivity contribution in [3.63, 3.8) is 0 Å². The highest BCUT2D eigenvalue weighted by Gasteiger charge is 2.55. The van der Waals surface area contributed by atoms with Crippen LogP contribution in [-0.2, 0) is 14.2 Å². The zero-order valence-electron chi connectivity index (χ0n) is 19.1. The van der Waals surface area contributed by atoms with Gasteiger partial charge in [-0.15, -0.1) is 0 Å². The van der Waals surface area contributed by atoms with E-state index in [9.17, 15) is 4.39 Å². The number of pyridine rings is 1. The van der Waals surface area contributed by atoms with E-state index < -0.39 is 24.1 Å². The van der Waals surface area contributed by atoms with Crippen LogP contribution in [0.15, 0.2) is 36.9 Å². The Morgan fingerprint density at radius 1 is 1.12 bits per heavy atom. The van der Waals surface area contributed by atoms with Crippen LogP contribution in [0.5, 0.6) is 0 Å². The molecule has 0 spiro atoms. The minimum Gasteiger partial charge on any atom is -0.365 e. The van der Waals surface area contributed by atoms with E-state index in [0.29, 0.717) is 22.9 Å². The van der Waals surface area contributed by atoms with Gasteiger partial charge in [-0.3, -0.25) is 4.57 Å². The van der Waals surface area contributed by atoms with Crippen LogP contribution in [0.2, 0.25) is 0 Å². The zero-order valence-corrected chi connectivity index (χ0v) is 19.1. The highest BCUT2D eigenvalue weighted by Crippen LogP contribution is 2.44. The van der Waals surface area contributed by atoms with E-state index in [-0.39, 0.29) is 12.2 Å². The number of anilines is 1. The molecule has 0 amide bonds. The first kappa shape index (κ1) is 21.6. The van der Waals surface area contributed by atoms with Crippen molar-refractivity contribution in [2.75, 3.05) is 5.32 Å². The third-order valence-electron chi connectivity index (χ3n) is 6.59. The normalized spacial score (nSPS) is 28.8. The first-order valence-corrected chi connectivity index (χ1v) is 11.7. The molecule has 0 radical (unpaired) electrons. The van der Waals surface area contributed by atoms with E-state index >= 15 is 0 Å². The fourth-order valence-electron chi connectivity index (χ4n) is 5.10. The second-order valence-electron chi connectivity index (χ2n) is 9.47. The SMILES string of the molecule is CC1(C)OC2C(C=Cc3cccc(F)n3)OC(n3cnc4c(NC5CCCC5)ncnc43)C2O1. The van der Waals surface area contributed by atoms with Crippen molar-refractivity contribution >= 4 is 23.1 Å². The molecule has 2 saturated heterocycles. The minimum atomic E-state index is -0.763. The second kappa shape index (κ2) is 8.37. The fraction of sp³-hybridized carbons (Fsp3) is 0.500. The Hall–Kier alpha value is -2.95. The lowest BCUT2D eigenvalue weighted by atomic mass is 10.1. The van der Waals surface area contributed by atoms with Crippen molar-refractivity contribution in [2.45, 2.75) is 75.9 Å². The summed E-state index contributed by atoms with van der Waals surface area (Å²) in [6.45, 7) is 3.77. The Morgan fingerprint density at radius 2 is 1.94 bits per heavy atom. The number of imidazole rings is 1. The van der Waals surface area contributed by atoms with Crippen molar-refractivity contribution in [1.82, 2.24) is 24.5 Å². The number of nitrogens with one attached hydrogen (secondary N) is 1. The summed E-state index contributed by atoms with van der Waals surface area (Å²) in [7, 11) is 0. The quantitative estimate of drug-likeness (QED) is 0.567. The average Bonchev–Trinajstić information content (AvgIpc) is 3.57. The summed E-state index contributed by atoms with van der Waals surface area (Å²) in [5.41, 5.74) is 1.88. The van der Waals surface area contributed by atoms with E-state index in [1.807, 2.05) is 24.5 Å². The molecule has 34 heavy (non-hydrogen) atoms. The standard InChI is InChI=1S/C24H27FN6O3/c1-24(2)33-19-16(11-10-15-8-5-9-17(25)29-15)32-23(20(19)34-24)31-13-28-18-21(26-12-27-22(18)31)30-14-6-3-4-7-14/h5,8-14,16,19-20,23H,3-4,6-7H2,1-2H3,(H,26,27,30). The number of halogens is 1. The molecule has 3 fully saturated rings. The highest BCUT2D eigenvalue weighted by molar-refractivity contribution is 5.82. The van der Waals surface area contributed by atoms with Crippen molar-refractivity contribution < 1.29 is 18.6 Å². The van der Waals surface area contributed by atoms with Gasteiger partial charge in [0, 0.05) is 6.04 Å². The molecule has 0 aromatic carbocycles. The summed E-state index contributed by atoms with van der Waals surface area (Å²) in [5, 5.41) is 3.53. The van der Waals surface area contributed by atoms with Crippen molar-refractivity contribution in [3.8, 4) is 0 Å². The van der Waals surface area contributed by atoms with Crippen LogP contribution in [0.4, 0.5) is 10.2 Å². The van der Waals surface area contributed by atoms with Crippen molar-refractivity contribution in [2.24, 2.45) is 0 Å². The summed E-state index contributed by atoms with van der Waals surface area (Å²) < 4.78 is 34.2. The largest absolute Gasteiger partial charge is 0.365 e. The molecule has 3 aliphatic rings. The maximum absolute atomic E-state index is 13.5. The van der Waals surface area contributed by atoms with Gasteiger partial charge in [-0.1, -0.05) is 25.0 Å². The van der Waals surface area contributed by atoms with Gasteiger partial charge in [-0.2, -0.15) is 4.39 Å². The summed E-state index contributed by atoms with van der Waals surface area (Å²) in [6.07, 6.45) is 9.93. The van der Waals surface area contributed by atoms with Gasteiger partial charge in [0.1, 0.15) is 24.6 Å². The molecule has 2 aliphatic heterocycles. The fourth-order valence-corrected chi connectivity index (χ4v) is 5.10. The monoisotopic (exact) mass is 466 g/mol. The van der Waals surface area contributed by atoms with Crippen molar-refractivity contribution in [1.29, 1.82) is 0 Å². The van der Waals surface area contributed by atoms with Crippen LogP contribution in [0.3, 0.4) is 0 Å². The van der Waals surface area contributed by atoms with E-state index in [1.54, 1.807) is 30.9 Å². The van der Waals surface area contributed by atoms with Crippen LogP contribution in [0.1, 0.15) is 51.5 Å². The molecular weight excluding hydrogens is 439 g/mol. The maximum Gasteiger partial charge on any atom is 0.213 e. The molecule has 4 atom stereocenters. The molecule has 1 saturated carbocycles. The number of rotatable bonds is 5. The van der Waals surface area contributed by atoms with Crippen LogP contribution in [0, 0.1) is 5.95 Å². The molecule has 3 aromatic rings. The molecule has 178 valence electrons. The number of fused-ring (bicyclic) bond motifs is 2. The van der Waals surface area contributed by atoms with E-state index in [2.05, 4.69) is 25.3 Å². The van der Waals surface area contributed by atoms with Crippen LogP contribution in [-0.4, -0.2) is 54.6 Å². The lowest BCUT2D eigenvalue weighted by molar-refractivity contribution is -0.191. The topological polar surface area (TPSA) is 96.2 Å². The van der Waals surface area contributed by atoms with E-state index in [4.69, 9.17) is 14.2 Å². The molecule has 10 heteroatoms. The smallest absolute Gasteiger partial charge is 0.213 e. The van der Waals surface area contributed by atoms with Crippen molar-refractivity contribution in [3.05, 3.63) is 48.6 Å². The van der Waals surface area contributed by atoms with Crippen LogP contribution in [0.25, 0.3) is 17.2 Å². The van der Waals surface area contributed by atoms with Crippen LogP contribution < -0.4 is 5.32 Å². The van der Waals surface area contributed by atoms with Gasteiger partial charge in [0.05, 0.1) is 12.0 Å². The second-order valence-corrected chi connectivity index (χ2v) is 9.47. The third-order valence-corrected chi connectivity index (χ3v) is 6.59. The van der Waals surface area contributed by atoms with Gasteiger partial charge in [0.2, 0.25) is 5.95 Å². The van der Waals surface area contributed by atoms with Gasteiger partial charge in [0.25, 0.3) is 0 Å². The Morgan fingerprint density at radius 3 is 2.76 bits per heavy atom. The van der Waals surface area contributed by atoms with Gasteiger partial charge in [0.15, 0.2) is 29.0 Å². The number of hydrogen-bond acceptors (Lipinski definition) is 8. The molecular formula is C24H27FN6O3. The molecule has 3 aromatic heterocycles. The minimum absolute atomic E-state index is 0.347. The average molecular weight is 467 g/mol. The number of ether oxygens (including phenoxy) is 3. The summed E-state index contributed by atoms with van der Waals surface area (Å²) >= 11 is 0. The predicted octanol–water partition coefficient (Wildman–Crippen LogP) is 3.85. The Labute approximate surface area is 196 Å². The van der Waals surface area contributed by atoms with E-state index in [1.165, 1.54) is 18.9 Å². The van der Waals surface area contributed by atoms with Gasteiger partial charge in [-0.05, 0) is 44.9 Å². The lowest BCUT2D eigenvalue weighted by Gasteiger charge is -2.24.